The third-order valence-electron chi connectivity index (χ3n) is 5.59. The third kappa shape index (κ3) is 4.42. The molecule has 0 amide bonds. The van der Waals surface area contributed by atoms with Crippen LogP contribution in [0.5, 0.6) is 0 Å². The summed E-state index contributed by atoms with van der Waals surface area (Å²) in [6.07, 6.45) is 3.97. The fourth-order valence-electron chi connectivity index (χ4n) is 3.83. The molecule has 2 aromatic rings. The first-order valence-electron chi connectivity index (χ1n) is 10.1. The molecule has 2 aliphatic rings. The second-order valence-electron chi connectivity index (χ2n) is 7.53. The molecular weight excluding hydrogens is 368 g/mol. The first kappa shape index (κ1) is 19.8. The van der Waals surface area contributed by atoms with Crippen molar-refractivity contribution in [2.75, 3.05) is 13.2 Å². The van der Waals surface area contributed by atoms with Gasteiger partial charge in [0.1, 0.15) is 6.10 Å². The summed E-state index contributed by atoms with van der Waals surface area (Å²) in [6.45, 7) is 6.78. The van der Waals surface area contributed by atoms with E-state index in [1.165, 1.54) is 5.39 Å². The number of carbonyl (C=O) groups is 1. The van der Waals surface area contributed by atoms with Gasteiger partial charge in [-0.1, -0.05) is 48.6 Å². The molecule has 1 aliphatic heterocycles. The van der Waals surface area contributed by atoms with Crippen LogP contribution in [0.3, 0.4) is 0 Å². The van der Waals surface area contributed by atoms with Gasteiger partial charge >= 0.3 is 5.97 Å². The maximum atomic E-state index is 11.6. The summed E-state index contributed by atoms with van der Waals surface area (Å²) in [6, 6.07) is 14.5. The second kappa shape index (κ2) is 8.49. The fourth-order valence-corrected chi connectivity index (χ4v) is 3.83. The molecule has 1 unspecified atom stereocenters. The van der Waals surface area contributed by atoms with Crippen LogP contribution in [-0.2, 0) is 24.0 Å². The molecule has 0 aromatic heterocycles. The Morgan fingerprint density at radius 2 is 1.97 bits per heavy atom. The number of carbonyl (C=O) groups excluding carboxylic acids is 1. The highest BCUT2D eigenvalue weighted by molar-refractivity contribution is 5.86. The number of rotatable bonds is 4. The lowest BCUT2D eigenvalue weighted by atomic mass is 9.89. The molecule has 2 aromatic carbocycles. The minimum absolute atomic E-state index is 0.285. The van der Waals surface area contributed by atoms with Gasteiger partial charge in [-0.15, -0.1) is 0 Å². The number of ether oxygens (including phenoxy) is 2. The molecule has 4 rings (SSSR count). The molecular formula is C24H26O5. The van der Waals surface area contributed by atoms with Crippen LogP contribution in [0.15, 0.2) is 60.7 Å². The Kier molecular flexibility index (Phi) is 5.81. The second-order valence-corrected chi connectivity index (χ2v) is 7.53. The fraction of sp³-hybridized carbons (Fsp3) is 0.375. The molecule has 152 valence electrons. The highest BCUT2D eigenvalue weighted by atomic mass is 17.2. The van der Waals surface area contributed by atoms with Crippen molar-refractivity contribution in [3.63, 3.8) is 0 Å². The van der Waals surface area contributed by atoms with Crippen molar-refractivity contribution < 1.29 is 24.0 Å². The molecule has 1 atom stereocenters. The van der Waals surface area contributed by atoms with Crippen LogP contribution >= 0.6 is 0 Å². The quantitative estimate of drug-likeness (QED) is 0.417. The standard InChI is InChI=1S/C24H26O5/c1-3-26-23(25)14-18-10-12-24(13-11-18)27-16-22(28-29-24)17(2)20-9-8-19-6-4-5-7-21(19)15-20/h4-9,14-15,22H,2-3,10-13,16H2,1H3. The molecule has 5 heteroatoms. The maximum Gasteiger partial charge on any atom is 0.330 e. The van der Waals surface area contributed by atoms with E-state index in [1.807, 2.05) is 18.2 Å². The average molecular weight is 394 g/mol. The SMILES string of the molecule is C=C(c1ccc2ccccc2c1)C1COC2(CCC(=CC(=O)OCC)CC2)OO1. The van der Waals surface area contributed by atoms with E-state index >= 15 is 0 Å². The Balaban J connectivity index is 1.35. The third-order valence-corrected chi connectivity index (χ3v) is 5.59. The number of hydrogen-bond acceptors (Lipinski definition) is 5. The molecule has 5 nitrogen and oxygen atoms in total. The molecule has 29 heavy (non-hydrogen) atoms. The summed E-state index contributed by atoms with van der Waals surface area (Å²) in [4.78, 5) is 23.1. The predicted octanol–water partition coefficient (Wildman–Crippen LogP) is 4.96. The summed E-state index contributed by atoms with van der Waals surface area (Å²) >= 11 is 0. The molecule has 0 bridgehead atoms. The largest absolute Gasteiger partial charge is 0.463 e. The summed E-state index contributed by atoms with van der Waals surface area (Å²) in [7, 11) is 0. The lowest BCUT2D eigenvalue weighted by molar-refractivity contribution is -0.482. The van der Waals surface area contributed by atoms with Crippen molar-refractivity contribution in [1.82, 2.24) is 0 Å². The monoisotopic (exact) mass is 394 g/mol. The summed E-state index contributed by atoms with van der Waals surface area (Å²) in [5.74, 6) is -1.03. The topological polar surface area (TPSA) is 54.0 Å². The molecule has 1 saturated carbocycles. The van der Waals surface area contributed by atoms with E-state index in [4.69, 9.17) is 19.2 Å². The Morgan fingerprint density at radius 1 is 1.21 bits per heavy atom. The van der Waals surface area contributed by atoms with E-state index in [0.717, 1.165) is 34.9 Å². The van der Waals surface area contributed by atoms with Crippen LogP contribution in [-0.4, -0.2) is 31.1 Å². The highest BCUT2D eigenvalue weighted by Gasteiger charge is 2.42. The number of allylic oxidation sites excluding steroid dienone is 1. The molecule has 0 N–H and O–H groups in total. The van der Waals surface area contributed by atoms with Crippen LogP contribution in [0, 0.1) is 0 Å². The van der Waals surface area contributed by atoms with E-state index in [2.05, 4.69) is 30.8 Å². The van der Waals surface area contributed by atoms with Crippen LogP contribution < -0.4 is 0 Å². The van der Waals surface area contributed by atoms with Crippen molar-refractivity contribution in [3.05, 3.63) is 66.3 Å². The van der Waals surface area contributed by atoms with Gasteiger partial charge in [0, 0.05) is 18.9 Å². The van der Waals surface area contributed by atoms with E-state index in [9.17, 15) is 4.79 Å². The van der Waals surface area contributed by atoms with Crippen molar-refractivity contribution >= 4 is 22.3 Å². The maximum absolute atomic E-state index is 11.6. The molecule has 0 radical (unpaired) electrons. The number of esters is 1. The van der Waals surface area contributed by atoms with Crippen molar-refractivity contribution in [2.45, 2.75) is 44.5 Å². The van der Waals surface area contributed by atoms with Gasteiger partial charge in [0.2, 0.25) is 5.79 Å². The molecule has 2 fully saturated rings. The predicted molar refractivity (Wildman–Crippen MR) is 111 cm³/mol. The Morgan fingerprint density at radius 3 is 2.66 bits per heavy atom. The normalized spacial score (nSPS) is 24.4. The number of fused-ring (bicyclic) bond motifs is 1. The Bertz CT molecular complexity index is 925. The van der Waals surface area contributed by atoms with Crippen molar-refractivity contribution in [1.29, 1.82) is 0 Å². The number of hydrogen-bond donors (Lipinski definition) is 0. The zero-order chi connectivity index (χ0) is 20.3. The van der Waals surface area contributed by atoms with E-state index in [-0.39, 0.29) is 12.1 Å². The Hall–Kier alpha value is -2.47. The van der Waals surface area contributed by atoms with Crippen molar-refractivity contribution in [3.8, 4) is 0 Å². The van der Waals surface area contributed by atoms with E-state index in [0.29, 0.717) is 26.1 Å². The van der Waals surface area contributed by atoms with Gasteiger partial charge in [0.25, 0.3) is 0 Å². The molecule has 1 saturated heterocycles. The Labute approximate surface area is 170 Å². The van der Waals surface area contributed by atoms with Crippen LogP contribution in [0.25, 0.3) is 16.3 Å². The summed E-state index contributed by atoms with van der Waals surface area (Å²) < 4.78 is 11.1. The lowest BCUT2D eigenvalue weighted by Crippen LogP contribution is -2.46. The average Bonchev–Trinajstić information content (AvgIpc) is 2.75. The smallest absolute Gasteiger partial charge is 0.330 e. The number of benzene rings is 2. The van der Waals surface area contributed by atoms with Gasteiger partial charge in [0.05, 0.1) is 13.2 Å². The van der Waals surface area contributed by atoms with Crippen LogP contribution in [0.1, 0.15) is 38.2 Å². The van der Waals surface area contributed by atoms with Gasteiger partial charge in [0.15, 0.2) is 0 Å². The molecule has 1 spiro atoms. The van der Waals surface area contributed by atoms with Crippen molar-refractivity contribution in [2.24, 2.45) is 0 Å². The van der Waals surface area contributed by atoms with Crippen LogP contribution in [0.2, 0.25) is 0 Å². The van der Waals surface area contributed by atoms with Gasteiger partial charge < -0.3 is 9.47 Å². The first-order chi connectivity index (χ1) is 14.1. The zero-order valence-electron chi connectivity index (χ0n) is 16.7. The lowest BCUT2D eigenvalue weighted by Gasteiger charge is -2.41. The van der Waals surface area contributed by atoms with Gasteiger partial charge in [-0.05, 0) is 47.7 Å². The van der Waals surface area contributed by atoms with Crippen LogP contribution in [0.4, 0.5) is 0 Å². The van der Waals surface area contributed by atoms with Gasteiger partial charge in [-0.3, -0.25) is 0 Å². The molecule has 1 aliphatic carbocycles. The van der Waals surface area contributed by atoms with E-state index < -0.39 is 5.79 Å². The minimum Gasteiger partial charge on any atom is -0.463 e. The molecule has 1 heterocycles. The minimum atomic E-state index is -0.744. The first-order valence-corrected chi connectivity index (χ1v) is 10.1. The summed E-state index contributed by atoms with van der Waals surface area (Å²) in [5.41, 5.74) is 2.91. The summed E-state index contributed by atoms with van der Waals surface area (Å²) in [5, 5.41) is 2.35. The van der Waals surface area contributed by atoms with Gasteiger partial charge in [-0.2, -0.15) is 0 Å². The van der Waals surface area contributed by atoms with Gasteiger partial charge in [-0.25, -0.2) is 14.6 Å². The van der Waals surface area contributed by atoms with E-state index in [1.54, 1.807) is 13.0 Å². The highest BCUT2D eigenvalue weighted by Crippen LogP contribution is 2.39. The zero-order valence-corrected chi connectivity index (χ0v) is 16.7.